The summed E-state index contributed by atoms with van der Waals surface area (Å²) in [7, 11) is 0. The summed E-state index contributed by atoms with van der Waals surface area (Å²) in [5, 5.41) is 0. The zero-order valence-corrected chi connectivity index (χ0v) is 12.4. The molecule has 1 heteroatoms. The van der Waals surface area contributed by atoms with Crippen LogP contribution in [0.25, 0.3) is 0 Å². The Morgan fingerprint density at radius 3 is 2.33 bits per heavy atom. The van der Waals surface area contributed by atoms with E-state index in [-0.39, 0.29) is 0 Å². The molecule has 0 N–H and O–H groups in total. The first-order chi connectivity index (χ1) is 6.96. The zero-order valence-electron chi connectivity index (χ0n) is 9.94. The van der Waals surface area contributed by atoms with E-state index >= 15 is 0 Å². The van der Waals surface area contributed by atoms with Crippen LogP contribution in [0, 0.1) is 5.41 Å². The monoisotopic (exact) mass is 275 g/mol. The van der Waals surface area contributed by atoms with Crippen LogP contribution in [0.2, 0.25) is 0 Å². The second-order valence-electron chi connectivity index (χ2n) is 4.95. The van der Waals surface area contributed by atoms with Crippen molar-refractivity contribution < 1.29 is 24.7 Å². The molecule has 0 saturated heterocycles. The molecule has 0 bridgehead atoms. The summed E-state index contributed by atoms with van der Waals surface area (Å²) in [6.07, 6.45) is 7.82. The second-order valence-corrected chi connectivity index (χ2v) is 6.18. The Morgan fingerprint density at radius 2 is 1.93 bits per heavy atom. The van der Waals surface area contributed by atoms with E-state index in [0.717, 1.165) is 6.42 Å². The van der Waals surface area contributed by atoms with E-state index in [1.165, 1.54) is 11.1 Å². The Hall–Kier alpha value is -0.157. The Bertz CT molecular complexity index is 428. The summed E-state index contributed by atoms with van der Waals surface area (Å²) in [5.74, 6) is 0. The fourth-order valence-electron chi connectivity index (χ4n) is 2.38. The molecule has 0 atom stereocenters. The Balaban J connectivity index is 2.53. The van der Waals surface area contributed by atoms with Crippen molar-refractivity contribution in [3.63, 3.8) is 0 Å². The molecule has 0 aliphatic heterocycles. The molecule has 0 saturated carbocycles. The van der Waals surface area contributed by atoms with Gasteiger partial charge in [0.2, 0.25) is 0 Å². The Kier molecular flexibility index (Phi) is 2.80. The molecule has 0 heterocycles. The van der Waals surface area contributed by atoms with Gasteiger partial charge in [-0.15, -0.1) is 0 Å². The maximum atomic E-state index is 2.35. The molecular weight excluding hydrogens is 259 g/mol. The summed E-state index contributed by atoms with van der Waals surface area (Å²) in [6.45, 7) is 9.27. The van der Waals surface area contributed by atoms with Gasteiger partial charge in [-0.3, -0.25) is 0 Å². The average Bonchev–Trinajstić information content (AvgIpc) is 2.73. The van der Waals surface area contributed by atoms with E-state index < -0.39 is 0 Å². The molecule has 77 valence electrons. The summed E-state index contributed by atoms with van der Waals surface area (Å²) < 4.78 is 1.62. The van der Waals surface area contributed by atoms with Crippen LogP contribution in [0.4, 0.5) is 0 Å². The molecular formula is C14H17Zr. The van der Waals surface area contributed by atoms with Crippen molar-refractivity contribution in [2.45, 2.75) is 34.1 Å². The van der Waals surface area contributed by atoms with Crippen LogP contribution in [0.15, 0.2) is 43.8 Å². The third kappa shape index (κ3) is 1.60. The van der Waals surface area contributed by atoms with Crippen molar-refractivity contribution in [2.24, 2.45) is 5.41 Å². The van der Waals surface area contributed by atoms with E-state index in [0.29, 0.717) is 5.41 Å². The average molecular weight is 277 g/mol. The molecule has 15 heavy (non-hydrogen) atoms. The molecule has 0 nitrogen and oxygen atoms in total. The van der Waals surface area contributed by atoms with Crippen molar-refractivity contribution in [3.05, 3.63) is 43.8 Å². The van der Waals surface area contributed by atoms with Gasteiger partial charge in [-0.1, -0.05) is 0 Å². The second kappa shape index (κ2) is 3.70. The van der Waals surface area contributed by atoms with Crippen LogP contribution in [0.5, 0.6) is 0 Å². The van der Waals surface area contributed by atoms with E-state index in [9.17, 15) is 0 Å². The van der Waals surface area contributed by atoms with Crippen LogP contribution in [0.1, 0.15) is 34.1 Å². The van der Waals surface area contributed by atoms with E-state index in [1.54, 1.807) is 39.1 Å². The van der Waals surface area contributed by atoms with Crippen LogP contribution >= 0.6 is 0 Å². The molecule has 0 radical (unpaired) electrons. The van der Waals surface area contributed by atoms with E-state index in [1.807, 2.05) is 0 Å². The van der Waals surface area contributed by atoms with Crippen molar-refractivity contribution >= 4 is 0 Å². The molecule has 0 aromatic rings. The minimum atomic E-state index is 0.293. The van der Waals surface area contributed by atoms with Crippen LogP contribution in [-0.4, -0.2) is 0 Å². The number of hydrogen-bond acceptors (Lipinski definition) is 0. The Labute approximate surface area is 108 Å². The SMILES string of the molecule is CC1=C(C)C(C)(C)[C]([Zr])=C1C1=CC=CC1. The molecule has 0 amide bonds. The third-order valence-electron chi connectivity index (χ3n) is 3.84. The van der Waals surface area contributed by atoms with Gasteiger partial charge in [-0.25, -0.2) is 0 Å². The first kappa shape index (κ1) is 11.3. The molecule has 0 aromatic carbocycles. The van der Waals surface area contributed by atoms with Gasteiger partial charge < -0.3 is 0 Å². The Morgan fingerprint density at radius 1 is 1.27 bits per heavy atom. The first-order valence-electron chi connectivity index (χ1n) is 5.47. The summed E-state index contributed by atoms with van der Waals surface area (Å²) in [5.41, 5.74) is 6.44. The maximum absolute atomic E-state index is 2.35. The molecule has 0 aromatic heterocycles. The third-order valence-corrected chi connectivity index (χ3v) is 5.99. The topological polar surface area (TPSA) is 0 Å². The summed E-state index contributed by atoms with van der Waals surface area (Å²) in [6, 6.07) is 0. The van der Waals surface area contributed by atoms with Gasteiger partial charge in [0.1, 0.15) is 0 Å². The summed E-state index contributed by atoms with van der Waals surface area (Å²) in [4.78, 5) is 0. The number of hydrogen-bond donors (Lipinski definition) is 0. The van der Waals surface area contributed by atoms with Crippen molar-refractivity contribution in [3.8, 4) is 0 Å². The van der Waals surface area contributed by atoms with E-state index in [4.69, 9.17) is 0 Å². The number of rotatable bonds is 1. The van der Waals surface area contributed by atoms with Gasteiger partial charge in [-0.05, 0) is 0 Å². The normalized spacial score (nSPS) is 24.1. The quantitative estimate of drug-likeness (QED) is 0.678. The predicted molar refractivity (Wildman–Crippen MR) is 61.0 cm³/mol. The van der Waals surface area contributed by atoms with Gasteiger partial charge in [0.15, 0.2) is 0 Å². The van der Waals surface area contributed by atoms with Gasteiger partial charge >= 0.3 is 108 Å². The van der Waals surface area contributed by atoms with Gasteiger partial charge in [-0.2, -0.15) is 0 Å². The molecule has 2 rings (SSSR count). The fraction of sp³-hybridized carbons (Fsp3) is 0.429. The van der Waals surface area contributed by atoms with Gasteiger partial charge in [0, 0.05) is 0 Å². The molecule has 0 unspecified atom stereocenters. The van der Waals surface area contributed by atoms with Gasteiger partial charge in [0.05, 0.1) is 0 Å². The van der Waals surface area contributed by atoms with Crippen LogP contribution in [-0.2, 0) is 24.7 Å². The molecule has 0 spiro atoms. The van der Waals surface area contributed by atoms with E-state index in [2.05, 4.69) is 45.9 Å². The molecule has 2 aliphatic carbocycles. The van der Waals surface area contributed by atoms with Crippen molar-refractivity contribution in [2.75, 3.05) is 0 Å². The predicted octanol–water partition coefficient (Wildman–Crippen LogP) is 4.05. The first-order valence-corrected chi connectivity index (χ1v) is 6.70. The van der Waals surface area contributed by atoms with Crippen molar-refractivity contribution in [1.82, 2.24) is 0 Å². The molecule has 2 aliphatic rings. The standard InChI is InChI=1S/C14H17.Zr/c1-10-11(2)14(3,4)9-13(10)12-7-5-6-8-12;/h5-7H,8H2,1-4H3;. The fourth-order valence-corrected chi connectivity index (χ4v) is 3.69. The minimum absolute atomic E-state index is 0.293. The van der Waals surface area contributed by atoms with Crippen LogP contribution in [0.3, 0.4) is 0 Å². The van der Waals surface area contributed by atoms with Gasteiger partial charge in [0.25, 0.3) is 0 Å². The number of allylic oxidation sites excluding steroid dienone is 8. The summed E-state index contributed by atoms with van der Waals surface area (Å²) >= 11 is 1.57. The zero-order chi connectivity index (χ0) is 11.2. The van der Waals surface area contributed by atoms with Crippen molar-refractivity contribution in [1.29, 1.82) is 0 Å². The molecule has 0 fully saturated rings. The van der Waals surface area contributed by atoms with Crippen LogP contribution < -0.4 is 0 Å².